The number of fused-ring (bicyclic) bond motifs is 6. The van der Waals surface area contributed by atoms with Gasteiger partial charge in [0, 0.05) is 49.4 Å². The third kappa shape index (κ3) is 10.1. The van der Waals surface area contributed by atoms with E-state index in [4.69, 9.17) is 0 Å². The summed E-state index contributed by atoms with van der Waals surface area (Å²) in [4.78, 5) is 20.7. The number of hydrogen-bond acceptors (Lipinski definition) is 4. The van der Waals surface area contributed by atoms with E-state index in [1.165, 1.54) is 60.3 Å². The van der Waals surface area contributed by atoms with Crippen molar-refractivity contribution in [3.63, 3.8) is 0 Å². The van der Waals surface area contributed by atoms with E-state index >= 15 is 0 Å². The third-order valence-electron chi connectivity index (χ3n) is 9.73. The fraction of sp³-hybridized carbons (Fsp3) is 0.212. The molecule has 0 aliphatic rings. The Balaban J connectivity index is 0.000000168. The zero-order chi connectivity index (χ0) is 40.2. The number of carbonyl (C=O) groups excluding carboxylic acids is 1. The topological polar surface area (TPSA) is 63.1 Å². The van der Waals surface area contributed by atoms with Gasteiger partial charge in [0.1, 0.15) is 5.76 Å². The van der Waals surface area contributed by atoms with E-state index in [2.05, 4.69) is 152 Å². The Morgan fingerprint density at radius 2 is 1.09 bits per heavy atom. The monoisotopic (exact) mass is 927 g/mol. The van der Waals surface area contributed by atoms with E-state index in [0.717, 1.165) is 28.1 Å². The van der Waals surface area contributed by atoms with Crippen LogP contribution >= 0.6 is 0 Å². The Hall–Kier alpha value is -5.48. The number of hydrogen-bond donors (Lipinski definition) is 1. The summed E-state index contributed by atoms with van der Waals surface area (Å²) in [7, 11) is 0. The van der Waals surface area contributed by atoms with E-state index in [9.17, 15) is 9.90 Å². The Labute approximate surface area is 351 Å². The molecule has 6 aromatic carbocycles. The van der Waals surface area contributed by atoms with E-state index < -0.39 is 5.41 Å². The van der Waals surface area contributed by atoms with Crippen molar-refractivity contribution in [2.75, 3.05) is 0 Å². The van der Waals surface area contributed by atoms with Crippen molar-refractivity contribution in [1.29, 1.82) is 0 Å². The normalized spacial score (nSPS) is 11.7. The standard InChI is InChI=1S/C21H16N.C20H14N.C11H20O2.Ir/c1-14-11-15(2)13-17(12-14)21-20-8-7-16-5-3-4-6-18(16)19(20)9-10-22-21;1-14-5-4-7-16(13-14)20-19-10-9-15-6-2-3-8-17(15)18(19)11-12-21-20;1-10(2,3)8(12)7-9(13)11(4,5)6;/h3-12H,1-2H3;2-6,8-13H,1H3;7,12H,1-6H3;/q2*-1;;/b;;8-7-;. The summed E-state index contributed by atoms with van der Waals surface area (Å²) >= 11 is 0. The molecule has 4 nitrogen and oxygen atoms in total. The number of pyridine rings is 2. The summed E-state index contributed by atoms with van der Waals surface area (Å²) in [5, 5.41) is 19.5. The van der Waals surface area contributed by atoms with E-state index in [0.29, 0.717) is 0 Å². The average molecular weight is 927 g/mol. The van der Waals surface area contributed by atoms with E-state index in [1.54, 1.807) is 0 Å². The van der Waals surface area contributed by atoms with Crippen molar-refractivity contribution in [2.45, 2.75) is 62.3 Å². The van der Waals surface area contributed by atoms with Gasteiger partial charge < -0.3 is 15.1 Å². The van der Waals surface area contributed by atoms with Gasteiger partial charge in [0.2, 0.25) is 0 Å². The molecule has 0 unspecified atom stereocenters. The van der Waals surface area contributed by atoms with Crippen LogP contribution in [-0.4, -0.2) is 20.9 Å². The number of allylic oxidation sites excluding steroid dienone is 2. The Bertz CT molecular complexity index is 2710. The molecule has 0 atom stereocenters. The summed E-state index contributed by atoms with van der Waals surface area (Å²) < 4.78 is 0. The number of aryl methyl sites for hydroxylation is 3. The summed E-state index contributed by atoms with van der Waals surface area (Å²) in [5.74, 6) is 0.104. The van der Waals surface area contributed by atoms with Crippen molar-refractivity contribution in [3.8, 4) is 22.5 Å². The van der Waals surface area contributed by atoms with Gasteiger partial charge in [-0.05, 0) is 66.6 Å². The van der Waals surface area contributed by atoms with Crippen LogP contribution in [0.3, 0.4) is 0 Å². The Morgan fingerprint density at radius 3 is 1.58 bits per heavy atom. The molecule has 0 saturated heterocycles. The van der Waals surface area contributed by atoms with Gasteiger partial charge in [0.15, 0.2) is 5.78 Å². The summed E-state index contributed by atoms with van der Waals surface area (Å²) in [5.41, 5.74) is 6.98. The minimum Gasteiger partial charge on any atom is -0.512 e. The van der Waals surface area contributed by atoms with Crippen molar-refractivity contribution in [2.24, 2.45) is 10.8 Å². The second-order valence-electron chi connectivity index (χ2n) is 16.5. The van der Waals surface area contributed by atoms with Crippen LogP contribution in [0.4, 0.5) is 0 Å². The van der Waals surface area contributed by atoms with Crippen LogP contribution < -0.4 is 0 Å². The van der Waals surface area contributed by atoms with Gasteiger partial charge in [-0.1, -0.05) is 135 Å². The van der Waals surface area contributed by atoms with Crippen LogP contribution in [0.2, 0.25) is 0 Å². The van der Waals surface area contributed by atoms with Gasteiger partial charge in [0.05, 0.1) is 0 Å². The third-order valence-corrected chi connectivity index (χ3v) is 9.73. The second-order valence-corrected chi connectivity index (χ2v) is 16.5. The molecule has 1 radical (unpaired) electrons. The number of aliphatic hydroxyl groups is 1. The average Bonchev–Trinajstić information content (AvgIpc) is 3.16. The fourth-order valence-corrected chi connectivity index (χ4v) is 6.60. The number of aromatic nitrogens is 2. The smallest absolute Gasteiger partial charge is 0.164 e. The maximum Gasteiger partial charge on any atom is 0.164 e. The largest absolute Gasteiger partial charge is 0.512 e. The zero-order valence-corrected chi connectivity index (χ0v) is 36.7. The van der Waals surface area contributed by atoms with Crippen LogP contribution in [0.5, 0.6) is 0 Å². The molecule has 2 heterocycles. The fourth-order valence-electron chi connectivity index (χ4n) is 6.60. The Kier molecular flexibility index (Phi) is 13.3. The first-order chi connectivity index (χ1) is 26.6. The van der Waals surface area contributed by atoms with Crippen molar-refractivity contribution < 1.29 is 30.0 Å². The van der Waals surface area contributed by atoms with Gasteiger partial charge in [0.25, 0.3) is 0 Å². The number of carbonyl (C=O) groups is 1. The predicted molar refractivity (Wildman–Crippen MR) is 236 cm³/mol. The van der Waals surface area contributed by atoms with Crippen LogP contribution in [0, 0.1) is 43.7 Å². The maximum absolute atomic E-state index is 11.5. The number of aliphatic hydroxyl groups excluding tert-OH is 1. The molecule has 8 aromatic rings. The van der Waals surface area contributed by atoms with E-state index in [1.807, 2.05) is 60.0 Å². The molecule has 0 spiro atoms. The molecule has 57 heavy (non-hydrogen) atoms. The summed E-state index contributed by atoms with van der Waals surface area (Å²) in [6.45, 7) is 17.4. The molecule has 1 N–H and O–H groups in total. The number of nitrogens with zero attached hydrogens (tertiary/aromatic N) is 2. The van der Waals surface area contributed by atoms with Crippen molar-refractivity contribution >= 4 is 48.9 Å². The van der Waals surface area contributed by atoms with Crippen molar-refractivity contribution in [3.05, 3.63) is 168 Å². The molecule has 0 amide bonds. The first-order valence-corrected chi connectivity index (χ1v) is 19.1. The van der Waals surface area contributed by atoms with Crippen molar-refractivity contribution in [1.82, 2.24) is 9.97 Å². The van der Waals surface area contributed by atoms with Crippen LogP contribution in [-0.2, 0) is 24.9 Å². The maximum atomic E-state index is 11.5. The van der Waals surface area contributed by atoms with Gasteiger partial charge in [-0.25, -0.2) is 0 Å². The summed E-state index contributed by atoms with van der Waals surface area (Å²) in [6, 6.07) is 47.0. The molecule has 5 heteroatoms. The van der Waals surface area contributed by atoms with Gasteiger partial charge >= 0.3 is 0 Å². The molecular weight excluding hydrogens is 877 g/mol. The summed E-state index contributed by atoms with van der Waals surface area (Å²) in [6.07, 6.45) is 5.12. The van der Waals surface area contributed by atoms with Gasteiger partial charge in [-0.2, -0.15) is 0 Å². The number of ketones is 1. The first kappa shape index (κ1) is 42.7. The quantitative estimate of drug-likeness (QED) is 0.0830. The molecule has 0 aliphatic carbocycles. The minimum atomic E-state index is -0.417. The van der Waals surface area contributed by atoms with Crippen LogP contribution in [0.15, 0.2) is 139 Å². The molecular formula is C52H50IrN2O2-2. The molecule has 0 fully saturated rings. The second kappa shape index (κ2) is 17.8. The Morgan fingerprint density at radius 1 is 0.579 bits per heavy atom. The zero-order valence-electron chi connectivity index (χ0n) is 34.3. The predicted octanol–water partition coefficient (Wildman–Crippen LogP) is 13.7. The SMILES string of the molecule is CC(C)(C)C(=O)/C=C(\O)C(C)(C)C.Cc1[c-]c(-c2nccc3c2ccc2ccccc23)cc(C)c1.Cc1cc[c-]c(-c2nccc3c2ccc2ccccc23)c1.[Ir]. The molecule has 0 aliphatic heterocycles. The minimum absolute atomic E-state index is 0. The number of rotatable bonds is 3. The molecule has 0 saturated carbocycles. The van der Waals surface area contributed by atoms with Crippen LogP contribution in [0.1, 0.15) is 58.2 Å². The molecule has 0 bridgehead atoms. The molecule has 8 rings (SSSR count). The molecule has 2 aromatic heterocycles. The number of benzene rings is 6. The molecule has 291 valence electrons. The van der Waals surface area contributed by atoms with Gasteiger partial charge in [-0.3, -0.25) is 4.79 Å². The first-order valence-electron chi connectivity index (χ1n) is 19.1. The van der Waals surface area contributed by atoms with Crippen LogP contribution in [0.25, 0.3) is 65.6 Å². The van der Waals surface area contributed by atoms with Gasteiger partial charge in [-0.15, -0.1) is 70.3 Å². The van der Waals surface area contributed by atoms with E-state index in [-0.39, 0.29) is 37.1 Å².